The van der Waals surface area contributed by atoms with E-state index in [9.17, 15) is 4.79 Å². The van der Waals surface area contributed by atoms with E-state index in [4.69, 9.17) is 0 Å². The summed E-state index contributed by atoms with van der Waals surface area (Å²) in [6.45, 7) is 15.2. The van der Waals surface area contributed by atoms with E-state index < -0.39 is 0 Å². The molecule has 0 aromatic carbocycles. The molecule has 0 aromatic rings. The molecule has 20 heavy (non-hydrogen) atoms. The van der Waals surface area contributed by atoms with Gasteiger partial charge in [0.2, 0.25) is 0 Å². The van der Waals surface area contributed by atoms with Gasteiger partial charge in [0.25, 0.3) is 0 Å². The van der Waals surface area contributed by atoms with E-state index in [1.165, 1.54) is 5.57 Å². The van der Waals surface area contributed by atoms with Crippen molar-refractivity contribution in [3.8, 4) is 0 Å². The highest BCUT2D eigenvalue weighted by Crippen LogP contribution is 2.27. The lowest BCUT2D eigenvalue weighted by Gasteiger charge is -2.32. The Morgan fingerprint density at radius 3 is 2.30 bits per heavy atom. The molecular formula is C18H31NO. The monoisotopic (exact) mass is 277 g/mol. The second-order valence-corrected chi connectivity index (χ2v) is 5.50. The normalized spacial score (nSPS) is 16.1. The fraction of sp³-hybridized carbons (Fsp3) is 0.611. The van der Waals surface area contributed by atoms with Crippen LogP contribution in [0.4, 0.5) is 0 Å². The number of carbonyl (C=O) groups is 1. The van der Waals surface area contributed by atoms with E-state index in [1.54, 1.807) is 19.1 Å². The molecule has 0 radical (unpaired) electrons. The lowest BCUT2D eigenvalue weighted by atomic mass is 9.85. The fourth-order valence-corrected chi connectivity index (χ4v) is 2.49. The van der Waals surface area contributed by atoms with Crippen molar-refractivity contribution in [2.75, 3.05) is 13.6 Å². The molecule has 0 aliphatic carbocycles. The molecule has 2 nitrogen and oxygen atoms in total. The van der Waals surface area contributed by atoms with E-state index in [0.29, 0.717) is 12.0 Å². The Hall–Kier alpha value is -1.15. The predicted octanol–water partition coefficient (Wildman–Crippen LogP) is 4.39. The van der Waals surface area contributed by atoms with Gasteiger partial charge in [0.05, 0.1) is 0 Å². The predicted molar refractivity (Wildman–Crippen MR) is 88.9 cm³/mol. The summed E-state index contributed by atoms with van der Waals surface area (Å²) in [7, 11) is 2.15. The molecule has 0 aliphatic heterocycles. The Morgan fingerprint density at radius 2 is 1.90 bits per heavy atom. The van der Waals surface area contributed by atoms with Crippen LogP contribution in [0.15, 0.2) is 36.0 Å². The fourth-order valence-electron chi connectivity index (χ4n) is 2.49. The summed E-state index contributed by atoms with van der Waals surface area (Å²) < 4.78 is 0. The van der Waals surface area contributed by atoms with E-state index in [2.05, 4.69) is 46.2 Å². The number of hydrogen-bond acceptors (Lipinski definition) is 2. The molecule has 0 saturated carbocycles. The first-order valence-corrected chi connectivity index (χ1v) is 7.63. The van der Waals surface area contributed by atoms with Crippen LogP contribution in [0.5, 0.6) is 0 Å². The van der Waals surface area contributed by atoms with Gasteiger partial charge in [-0.25, -0.2) is 0 Å². The summed E-state index contributed by atoms with van der Waals surface area (Å²) in [5, 5.41) is 0. The van der Waals surface area contributed by atoms with E-state index in [-0.39, 0.29) is 5.78 Å². The number of nitrogens with zero attached hydrogens (tertiary/aromatic N) is 1. The van der Waals surface area contributed by atoms with Crippen molar-refractivity contribution >= 4 is 5.78 Å². The van der Waals surface area contributed by atoms with Crippen LogP contribution < -0.4 is 0 Å². The molecule has 0 fully saturated rings. The van der Waals surface area contributed by atoms with Gasteiger partial charge in [-0.1, -0.05) is 39.5 Å². The average Bonchev–Trinajstić information content (AvgIpc) is 2.40. The maximum Gasteiger partial charge on any atom is 0.152 e. The van der Waals surface area contributed by atoms with Crippen molar-refractivity contribution in [3.05, 3.63) is 36.0 Å². The summed E-state index contributed by atoms with van der Waals surface area (Å²) >= 11 is 0. The number of rotatable bonds is 9. The minimum absolute atomic E-state index is 0.112. The number of ketones is 1. The van der Waals surface area contributed by atoms with Gasteiger partial charge in [-0.3, -0.25) is 4.79 Å². The van der Waals surface area contributed by atoms with Crippen LogP contribution >= 0.6 is 0 Å². The van der Waals surface area contributed by atoms with Gasteiger partial charge in [0.15, 0.2) is 5.78 Å². The molecule has 0 N–H and O–H groups in total. The van der Waals surface area contributed by atoms with Crippen LogP contribution in [0.1, 0.15) is 47.5 Å². The Balaban J connectivity index is 5.38. The van der Waals surface area contributed by atoms with Crippen molar-refractivity contribution < 1.29 is 4.79 Å². The molecular weight excluding hydrogens is 246 g/mol. The standard InChI is InChI=1S/C18H31NO/c1-8-11-17(10-3)18(13-14(4)20)15(5)16(6)19(7)12-9-2/h8,11,13,15-16H,1,9-10,12H2,2-7H3/b17-11-,18-13-. The first-order valence-electron chi connectivity index (χ1n) is 7.63. The highest BCUT2D eigenvalue weighted by atomic mass is 16.1. The number of carbonyl (C=O) groups excluding carboxylic acids is 1. The van der Waals surface area contributed by atoms with Crippen LogP contribution in [0, 0.1) is 5.92 Å². The van der Waals surface area contributed by atoms with Crippen molar-refractivity contribution in [2.45, 2.75) is 53.5 Å². The van der Waals surface area contributed by atoms with Crippen molar-refractivity contribution in [3.63, 3.8) is 0 Å². The highest BCUT2D eigenvalue weighted by Gasteiger charge is 2.22. The highest BCUT2D eigenvalue weighted by molar-refractivity contribution is 5.88. The summed E-state index contributed by atoms with van der Waals surface area (Å²) in [6, 6.07) is 0.403. The third-order valence-electron chi connectivity index (χ3n) is 3.92. The molecule has 0 aliphatic rings. The van der Waals surface area contributed by atoms with E-state index in [0.717, 1.165) is 25.0 Å². The third kappa shape index (κ3) is 5.87. The molecule has 2 heteroatoms. The van der Waals surface area contributed by atoms with Gasteiger partial charge in [0, 0.05) is 6.04 Å². The Kier molecular flexibility index (Phi) is 9.15. The quantitative estimate of drug-likeness (QED) is 0.460. The minimum atomic E-state index is 0.112. The molecule has 2 atom stereocenters. The van der Waals surface area contributed by atoms with Crippen molar-refractivity contribution in [2.24, 2.45) is 5.92 Å². The zero-order chi connectivity index (χ0) is 15.7. The third-order valence-corrected chi connectivity index (χ3v) is 3.92. The summed E-state index contributed by atoms with van der Waals surface area (Å²) in [5.74, 6) is 0.433. The molecule has 0 heterocycles. The zero-order valence-electron chi connectivity index (χ0n) is 14.1. The van der Waals surface area contributed by atoms with Gasteiger partial charge in [-0.15, -0.1) is 0 Å². The van der Waals surface area contributed by atoms with Gasteiger partial charge in [0.1, 0.15) is 0 Å². The van der Waals surface area contributed by atoms with Crippen molar-refractivity contribution in [1.29, 1.82) is 0 Å². The van der Waals surface area contributed by atoms with Crippen LogP contribution in [-0.4, -0.2) is 30.3 Å². The average molecular weight is 277 g/mol. The van der Waals surface area contributed by atoms with Crippen molar-refractivity contribution in [1.82, 2.24) is 4.90 Å². The SMILES string of the molecule is C=C/C=C(CC)\C(=C/C(C)=O)C(C)C(C)N(C)CCC. The summed E-state index contributed by atoms with van der Waals surface area (Å²) in [4.78, 5) is 13.9. The van der Waals surface area contributed by atoms with Gasteiger partial charge in [-0.05, 0) is 63.4 Å². The summed E-state index contributed by atoms with van der Waals surface area (Å²) in [5.41, 5.74) is 2.36. The lowest BCUT2D eigenvalue weighted by molar-refractivity contribution is -0.112. The van der Waals surface area contributed by atoms with Gasteiger partial charge in [-0.2, -0.15) is 0 Å². The number of hydrogen-bond donors (Lipinski definition) is 0. The second-order valence-electron chi connectivity index (χ2n) is 5.50. The second kappa shape index (κ2) is 9.71. The van der Waals surface area contributed by atoms with E-state index >= 15 is 0 Å². The minimum Gasteiger partial charge on any atom is -0.303 e. The number of allylic oxidation sites excluding steroid dienone is 4. The van der Waals surface area contributed by atoms with Gasteiger partial charge < -0.3 is 4.90 Å². The molecule has 114 valence electrons. The smallest absolute Gasteiger partial charge is 0.152 e. The largest absolute Gasteiger partial charge is 0.303 e. The van der Waals surface area contributed by atoms with Crippen LogP contribution in [-0.2, 0) is 4.79 Å². The maximum atomic E-state index is 11.6. The molecule has 0 spiro atoms. The molecule has 0 amide bonds. The van der Waals surface area contributed by atoms with Crippen LogP contribution in [0.25, 0.3) is 0 Å². The molecule has 2 unspecified atom stereocenters. The zero-order valence-corrected chi connectivity index (χ0v) is 14.1. The molecule has 0 aromatic heterocycles. The molecule has 0 saturated heterocycles. The van der Waals surface area contributed by atoms with Crippen LogP contribution in [0.3, 0.4) is 0 Å². The molecule has 0 bridgehead atoms. The topological polar surface area (TPSA) is 20.3 Å². The molecule has 0 rings (SSSR count). The summed E-state index contributed by atoms with van der Waals surface area (Å²) in [6.07, 6.45) is 7.68. The maximum absolute atomic E-state index is 11.6. The Labute approximate surface area is 125 Å². The first-order chi connectivity index (χ1) is 9.38. The van der Waals surface area contributed by atoms with E-state index in [1.807, 2.05) is 6.08 Å². The Morgan fingerprint density at radius 1 is 1.30 bits per heavy atom. The van der Waals surface area contributed by atoms with Gasteiger partial charge >= 0.3 is 0 Å². The lowest BCUT2D eigenvalue weighted by Crippen LogP contribution is -2.36. The first kappa shape index (κ1) is 18.9. The van der Waals surface area contributed by atoms with Crippen LogP contribution in [0.2, 0.25) is 0 Å². The Bertz CT molecular complexity index is 379.